The number of hydrogen-bond acceptors (Lipinski definition) is 5. The zero-order chi connectivity index (χ0) is 15.7. The van der Waals surface area contributed by atoms with Gasteiger partial charge in [0.05, 0.1) is 17.0 Å². The Morgan fingerprint density at radius 2 is 2.14 bits per heavy atom. The smallest absolute Gasteiger partial charge is 0.291 e. The van der Waals surface area contributed by atoms with Crippen molar-refractivity contribution in [2.45, 2.75) is 39.5 Å². The lowest BCUT2D eigenvalue weighted by Gasteiger charge is -2.36. The molecule has 118 valence electrons. The van der Waals surface area contributed by atoms with Crippen LogP contribution in [0, 0.1) is 0 Å². The molecule has 6 heteroatoms. The Hall–Kier alpha value is -1.95. The van der Waals surface area contributed by atoms with E-state index in [9.17, 15) is 0 Å². The van der Waals surface area contributed by atoms with Crippen LogP contribution in [-0.4, -0.2) is 44.5 Å². The molecule has 0 aliphatic carbocycles. The minimum Gasteiger partial charge on any atom is -0.337 e. The summed E-state index contributed by atoms with van der Waals surface area (Å²) in [5, 5.41) is 10.5. The quantitative estimate of drug-likeness (QED) is 0.819. The predicted molar refractivity (Wildman–Crippen MR) is 85.2 cm³/mol. The highest BCUT2D eigenvalue weighted by atomic mass is 16.5. The van der Waals surface area contributed by atoms with Gasteiger partial charge in [0.1, 0.15) is 0 Å². The molecule has 0 N–H and O–H groups in total. The largest absolute Gasteiger partial charge is 0.337 e. The summed E-state index contributed by atoms with van der Waals surface area (Å²) in [5.41, 5.74) is 0.970. The first-order valence-corrected chi connectivity index (χ1v) is 7.97. The Morgan fingerprint density at radius 3 is 2.77 bits per heavy atom. The average Bonchev–Trinajstić information content (AvgIpc) is 3.06. The fourth-order valence-electron chi connectivity index (χ4n) is 2.95. The molecule has 0 aromatic carbocycles. The third kappa shape index (κ3) is 2.47. The summed E-state index contributed by atoms with van der Waals surface area (Å²) in [6.07, 6.45) is 4.00. The van der Waals surface area contributed by atoms with Gasteiger partial charge in [-0.15, -0.1) is 0 Å². The molecule has 0 bridgehead atoms. The van der Waals surface area contributed by atoms with Crippen molar-refractivity contribution in [2.24, 2.45) is 0 Å². The van der Waals surface area contributed by atoms with E-state index < -0.39 is 0 Å². The van der Waals surface area contributed by atoms with Crippen molar-refractivity contribution >= 4 is 12.7 Å². The fraction of sp³-hybridized carbons (Fsp3) is 0.562. The standard InChI is InChI=1S/C16H23N5O/c1-5-8-20-9-12(10-20)15-17-16(19-22-15)21-14(7-3)11(4)13(6-2)18-21/h7,12H,4-6,8-10H2,1-3H3. The summed E-state index contributed by atoms with van der Waals surface area (Å²) in [6.45, 7) is 13.5. The molecule has 0 unspecified atom stereocenters. The second kappa shape index (κ2) is 6.04. The molecule has 2 aromatic rings. The Labute approximate surface area is 130 Å². The van der Waals surface area contributed by atoms with Crippen LogP contribution in [0.15, 0.2) is 4.52 Å². The first kappa shape index (κ1) is 15.0. The van der Waals surface area contributed by atoms with Crippen LogP contribution in [-0.2, 0) is 6.42 Å². The molecule has 0 radical (unpaired) electrons. The molecule has 6 nitrogen and oxygen atoms in total. The maximum atomic E-state index is 5.45. The Balaban J connectivity index is 1.85. The van der Waals surface area contributed by atoms with Crippen LogP contribution in [0.1, 0.15) is 44.7 Å². The lowest BCUT2D eigenvalue weighted by atomic mass is 10.0. The average molecular weight is 301 g/mol. The predicted octanol–water partition coefficient (Wildman–Crippen LogP) is 0.838. The first-order valence-electron chi connectivity index (χ1n) is 7.97. The number of nitrogens with zero attached hydrogens (tertiary/aromatic N) is 5. The molecule has 22 heavy (non-hydrogen) atoms. The van der Waals surface area contributed by atoms with Crippen molar-refractivity contribution in [3.05, 3.63) is 22.2 Å². The molecular weight excluding hydrogens is 278 g/mol. The van der Waals surface area contributed by atoms with E-state index in [4.69, 9.17) is 4.52 Å². The van der Waals surface area contributed by atoms with Gasteiger partial charge < -0.3 is 9.42 Å². The monoisotopic (exact) mass is 301 g/mol. The van der Waals surface area contributed by atoms with E-state index in [0.29, 0.717) is 17.8 Å². The highest BCUT2D eigenvalue weighted by Gasteiger charge is 2.32. The van der Waals surface area contributed by atoms with E-state index in [1.165, 1.54) is 6.42 Å². The molecule has 0 spiro atoms. The van der Waals surface area contributed by atoms with Crippen molar-refractivity contribution in [2.75, 3.05) is 19.6 Å². The van der Waals surface area contributed by atoms with Gasteiger partial charge >= 0.3 is 0 Å². The Morgan fingerprint density at radius 1 is 1.36 bits per heavy atom. The van der Waals surface area contributed by atoms with E-state index in [-0.39, 0.29) is 0 Å². The molecule has 1 aliphatic heterocycles. The summed E-state index contributed by atoms with van der Waals surface area (Å²) >= 11 is 0. The number of aromatic nitrogens is 4. The lowest BCUT2D eigenvalue weighted by Crippen LogP contribution is -2.45. The second-order valence-corrected chi connectivity index (χ2v) is 5.75. The summed E-state index contributed by atoms with van der Waals surface area (Å²) in [6, 6.07) is 0. The molecule has 0 atom stereocenters. The third-order valence-electron chi connectivity index (χ3n) is 4.18. The van der Waals surface area contributed by atoms with Crippen LogP contribution in [0.2, 0.25) is 0 Å². The molecular formula is C16H23N5O. The molecule has 1 saturated heterocycles. The van der Waals surface area contributed by atoms with Gasteiger partial charge in [0.25, 0.3) is 5.95 Å². The summed E-state index contributed by atoms with van der Waals surface area (Å²) < 4.78 is 7.18. The van der Waals surface area contributed by atoms with Crippen molar-refractivity contribution in [3.63, 3.8) is 0 Å². The van der Waals surface area contributed by atoms with Crippen molar-refractivity contribution in [1.82, 2.24) is 24.8 Å². The molecule has 2 aromatic heterocycles. The lowest BCUT2D eigenvalue weighted by molar-refractivity contribution is 0.125. The zero-order valence-corrected chi connectivity index (χ0v) is 13.5. The highest BCUT2D eigenvalue weighted by Crippen LogP contribution is 2.25. The van der Waals surface area contributed by atoms with E-state index in [1.807, 2.05) is 13.0 Å². The van der Waals surface area contributed by atoms with Gasteiger partial charge in [-0.2, -0.15) is 14.8 Å². The van der Waals surface area contributed by atoms with Crippen molar-refractivity contribution in [3.8, 4) is 5.95 Å². The van der Waals surface area contributed by atoms with Crippen molar-refractivity contribution in [1.29, 1.82) is 0 Å². The summed E-state index contributed by atoms with van der Waals surface area (Å²) in [5.74, 6) is 1.56. The third-order valence-corrected chi connectivity index (χ3v) is 4.18. The van der Waals surface area contributed by atoms with Crippen LogP contribution < -0.4 is 10.6 Å². The first-order chi connectivity index (χ1) is 10.7. The van der Waals surface area contributed by atoms with E-state index >= 15 is 0 Å². The Bertz CT molecular complexity index is 754. The van der Waals surface area contributed by atoms with Crippen LogP contribution in [0.5, 0.6) is 0 Å². The number of rotatable bonds is 5. The highest BCUT2D eigenvalue weighted by molar-refractivity contribution is 5.26. The van der Waals surface area contributed by atoms with Gasteiger partial charge in [-0.1, -0.05) is 26.5 Å². The molecule has 3 rings (SSSR count). The molecule has 0 saturated carbocycles. The summed E-state index contributed by atoms with van der Waals surface area (Å²) in [4.78, 5) is 6.94. The van der Waals surface area contributed by atoms with E-state index in [2.05, 4.69) is 40.6 Å². The van der Waals surface area contributed by atoms with Crippen LogP contribution in [0.3, 0.4) is 0 Å². The van der Waals surface area contributed by atoms with E-state index in [1.54, 1.807) is 4.68 Å². The molecule has 1 fully saturated rings. The number of hydrogen-bond donors (Lipinski definition) is 0. The SMILES string of the molecule is C=c1c(CC)nn(-c2noc(C3CN(CCC)C3)n2)c1=CC. The van der Waals surface area contributed by atoms with Crippen molar-refractivity contribution < 1.29 is 4.52 Å². The van der Waals surface area contributed by atoms with Gasteiger partial charge in [0.2, 0.25) is 5.89 Å². The summed E-state index contributed by atoms with van der Waals surface area (Å²) in [7, 11) is 0. The van der Waals surface area contributed by atoms with Gasteiger partial charge in [-0.3, -0.25) is 0 Å². The molecule has 3 heterocycles. The van der Waals surface area contributed by atoms with Gasteiger partial charge in [0.15, 0.2) is 0 Å². The van der Waals surface area contributed by atoms with Gasteiger partial charge in [0, 0.05) is 18.3 Å². The van der Waals surface area contributed by atoms with E-state index in [0.717, 1.165) is 42.3 Å². The maximum absolute atomic E-state index is 5.45. The normalized spacial score (nSPS) is 17.1. The molecule has 0 amide bonds. The van der Waals surface area contributed by atoms with Gasteiger partial charge in [-0.05, 0) is 31.5 Å². The van der Waals surface area contributed by atoms with Crippen LogP contribution in [0.4, 0.5) is 0 Å². The zero-order valence-electron chi connectivity index (χ0n) is 13.5. The number of likely N-dealkylation sites (tertiary alicyclic amines) is 1. The maximum Gasteiger partial charge on any atom is 0.291 e. The minimum absolute atomic E-state index is 0.349. The minimum atomic E-state index is 0.349. The number of aryl methyl sites for hydroxylation is 1. The topological polar surface area (TPSA) is 60.0 Å². The Kier molecular flexibility index (Phi) is 4.11. The molecule has 1 aliphatic rings. The second-order valence-electron chi connectivity index (χ2n) is 5.75. The van der Waals surface area contributed by atoms with Crippen LogP contribution in [0.25, 0.3) is 18.6 Å². The van der Waals surface area contributed by atoms with Gasteiger partial charge in [-0.25, -0.2) is 0 Å². The fourth-order valence-corrected chi connectivity index (χ4v) is 2.95. The van der Waals surface area contributed by atoms with Crippen LogP contribution >= 0.6 is 0 Å².